The fourth-order valence-corrected chi connectivity index (χ4v) is 7.52. The third-order valence-electron chi connectivity index (χ3n) is 10.1. The monoisotopic (exact) mass is 692 g/mol. The summed E-state index contributed by atoms with van der Waals surface area (Å²) in [5.74, 6) is 1.74. The van der Waals surface area contributed by atoms with Gasteiger partial charge in [0.15, 0.2) is 17.5 Å². The summed E-state index contributed by atoms with van der Waals surface area (Å²) in [5.41, 5.74) is 10.9. The predicted octanol–water partition coefficient (Wildman–Crippen LogP) is 12.6. The summed E-state index contributed by atoms with van der Waals surface area (Å²) in [7, 11) is 0. The average molecular weight is 693 g/mol. The number of hydrogen-bond acceptors (Lipinski definition) is 6. The van der Waals surface area contributed by atoms with Gasteiger partial charge in [-0.25, -0.2) is 19.9 Å². The van der Waals surface area contributed by atoms with Crippen molar-refractivity contribution in [1.29, 1.82) is 0 Å². The van der Waals surface area contributed by atoms with Gasteiger partial charge in [-0.2, -0.15) is 0 Å². The molecule has 0 N–H and O–H groups in total. The lowest BCUT2D eigenvalue weighted by Gasteiger charge is -2.09. The molecule has 0 fully saturated rings. The number of nitrogens with zero attached hydrogens (tertiary/aromatic N) is 4. The molecule has 0 amide bonds. The van der Waals surface area contributed by atoms with Gasteiger partial charge in [-0.3, -0.25) is 0 Å². The molecule has 0 aliphatic heterocycles. The van der Waals surface area contributed by atoms with Crippen LogP contribution in [0, 0.1) is 0 Å². The Labute approximate surface area is 309 Å². The Hall–Kier alpha value is -7.44. The maximum absolute atomic E-state index is 6.57. The van der Waals surface area contributed by atoms with Crippen LogP contribution in [-0.4, -0.2) is 19.9 Å². The summed E-state index contributed by atoms with van der Waals surface area (Å²) >= 11 is 0. The smallest absolute Gasteiger partial charge is 0.167 e. The van der Waals surface area contributed by atoms with Crippen molar-refractivity contribution in [2.75, 3.05) is 0 Å². The first kappa shape index (κ1) is 30.2. The Kier molecular flexibility index (Phi) is 6.75. The Morgan fingerprint density at radius 2 is 0.907 bits per heavy atom. The van der Waals surface area contributed by atoms with E-state index in [1.54, 1.807) is 0 Å². The van der Waals surface area contributed by atoms with E-state index in [0.29, 0.717) is 17.5 Å². The second-order valence-electron chi connectivity index (χ2n) is 13.4. The van der Waals surface area contributed by atoms with Gasteiger partial charge in [-0.1, -0.05) is 133 Å². The molecule has 11 rings (SSSR count). The number of aromatic nitrogens is 4. The lowest BCUT2D eigenvalue weighted by molar-refractivity contribution is 0.669. The van der Waals surface area contributed by atoms with Crippen molar-refractivity contribution < 1.29 is 8.83 Å². The number of hydrogen-bond donors (Lipinski definition) is 0. The molecule has 6 nitrogen and oxygen atoms in total. The Morgan fingerprint density at radius 3 is 1.70 bits per heavy atom. The van der Waals surface area contributed by atoms with E-state index in [4.69, 9.17) is 28.8 Å². The first-order valence-corrected chi connectivity index (χ1v) is 17.9. The maximum atomic E-state index is 6.57. The number of pyridine rings is 1. The van der Waals surface area contributed by atoms with Crippen molar-refractivity contribution >= 4 is 54.8 Å². The van der Waals surface area contributed by atoms with E-state index in [0.717, 1.165) is 93.9 Å². The zero-order valence-corrected chi connectivity index (χ0v) is 28.8. The fourth-order valence-electron chi connectivity index (χ4n) is 7.52. The van der Waals surface area contributed by atoms with E-state index >= 15 is 0 Å². The largest absolute Gasteiger partial charge is 0.455 e. The van der Waals surface area contributed by atoms with Crippen LogP contribution in [0.25, 0.3) is 111 Å². The van der Waals surface area contributed by atoms with Crippen molar-refractivity contribution in [3.63, 3.8) is 0 Å². The van der Waals surface area contributed by atoms with Crippen LogP contribution in [0.3, 0.4) is 0 Å². The first-order chi connectivity index (χ1) is 26.7. The minimum absolute atomic E-state index is 0.556. The first-order valence-electron chi connectivity index (χ1n) is 17.9. The third kappa shape index (κ3) is 4.89. The molecule has 11 aromatic rings. The SMILES string of the molecule is c1ccc(-c2nc(-c3ccc(-c4ccc5oc6c7ccccc7nc(-c7ccccc7)c6c5c4)cc3)nc(-c3cccc4c3oc3ccccc34)n2)cc1. The highest BCUT2D eigenvalue weighted by Gasteiger charge is 2.20. The molecule has 0 atom stereocenters. The second-order valence-corrected chi connectivity index (χ2v) is 13.4. The number of para-hydroxylation sites is 3. The topological polar surface area (TPSA) is 77.8 Å². The highest BCUT2D eigenvalue weighted by molar-refractivity contribution is 6.19. The van der Waals surface area contributed by atoms with E-state index < -0.39 is 0 Å². The number of rotatable bonds is 5. The van der Waals surface area contributed by atoms with Crippen molar-refractivity contribution in [2.24, 2.45) is 0 Å². The van der Waals surface area contributed by atoms with Crippen LogP contribution in [0.15, 0.2) is 179 Å². The van der Waals surface area contributed by atoms with E-state index in [9.17, 15) is 0 Å². The van der Waals surface area contributed by atoms with Crippen molar-refractivity contribution in [3.8, 4) is 56.5 Å². The van der Waals surface area contributed by atoms with Crippen LogP contribution < -0.4 is 0 Å². The van der Waals surface area contributed by atoms with Gasteiger partial charge in [0.05, 0.1) is 22.2 Å². The van der Waals surface area contributed by atoms with Crippen molar-refractivity contribution in [3.05, 3.63) is 170 Å². The Bertz CT molecular complexity index is 3200. The van der Waals surface area contributed by atoms with Crippen LogP contribution in [0.2, 0.25) is 0 Å². The molecule has 7 aromatic carbocycles. The summed E-state index contributed by atoms with van der Waals surface area (Å²) in [5, 5.41) is 5.12. The molecule has 0 unspecified atom stereocenters. The molecule has 54 heavy (non-hydrogen) atoms. The highest BCUT2D eigenvalue weighted by atomic mass is 16.3. The molecular formula is C48H28N4O2. The van der Waals surface area contributed by atoms with Gasteiger partial charge >= 0.3 is 0 Å². The lowest BCUT2D eigenvalue weighted by Crippen LogP contribution is -2.00. The minimum atomic E-state index is 0.556. The zero-order chi connectivity index (χ0) is 35.6. The predicted molar refractivity (Wildman–Crippen MR) is 217 cm³/mol. The molecule has 4 aromatic heterocycles. The second kappa shape index (κ2) is 12.1. The van der Waals surface area contributed by atoms with Gasteiger partial charge in [0.1, 0.15) is 22.3 Å². The highest BCUT2D eigenvalue weighted by Crippen LogP contribution is 2.41. The van der Waals surface area contributed by atoms with Crippen LogP contribution in [0.1, 0.15) is 0 Å². The molecule has 0 saturated carbocycles. The lowest BCUT2D eigenvalue weighted by atomic mass is 9.99. The average Bonchev–Trinajstić information content (AvgIpc) is 3.83. The van der Waals surface area contributed by atoms with Crippen molar-refractivity contribution in [2.45, 2.75) is 0 Å². The van der Waals surface area contributed by atoms with Gasteiger partial charge < -0.3 is 8.83 Å². The quantitative estimate of drug-likeness (QED) is 0.179. The van der Waals surface area contributed by atoms with Gasteiger partial charge in [-0.15, -0.1) is 0 Å². The summed E-state index contributed by atoms with van der Waals surface area (Å²) in [4.78, 5) is 20.2. The number of benzene rings is 7. The normalized spacial score (nSPS) is 11.7. The number of furan rings is 2. The van der Waals surface area contributed by atoms with Crippen molar-refractivity contribution in [1.82, 2.24) is 19.9 Å². The molecule has 252 valence electrons. The van der Waals surface area contributed by atoms with E-state index in [1.807, 2.05) is 97.1 Å². The molecule has 0 aliphatic rings. The molecule has 0 saturated heterocycles. The van der Waals surface area contributed by atoms with Crippen LogP contribution >= 0.6 is 0 Å². The molecular weight excluding hydrogens is 665 g/mol. The Balaban J connectivity index is 1.04. The molecule has 0 bridgehead atoms. The summed E-state index contributed by atoms with van der Waals surface area (Å²) in [6.07, 6.45) is 0. The molecule has 4 heterocycles. The van der Waals surface area contributed by atoms with E-state index in [-0.39, 0.29) is 0 Å². The zero-order valence-electron chi connectivity index (χ0n) is 28.8. The summed E-state index contributed by atoms with van der Waals surface area (Å²) in [6, 6.07) is 57.5. The van der Waals surface area contributed by atoms with Gasteiger partial charge in [-0.05, 0) is 47.5 Å². The molecule has 0 aliphatic carbocycles. The third-order valence-corrected chi connectivity index (χ3v) is 10.1. The van der Waals surface area contributed by atoms with Crippen LogP contribution in [0.5, 0.6) is 0 Å². The Morgan fingerprint density at radius 1 is 0.333 bits per heavy atom. The van der Waals surface area contributed by atoms with Gasteiger partial charge in [0.25, 0.3) is 0 Å². The summed E-state index contributed by atoms with van der Waals surface area (Å²) < 4.78 is 13.0. The van der Waals surface area contributed by atoms with Crippen LogP contribution in [0.4, 0.5) is 0 Å². The van der Waals surface area contributed by atoms with Gasteiger partial charge in [0, 0.05) is 38.2 Å². The standard InChI is InChI=1S/C48H28N4O2/c1-3-12-30(13-4-1)43-42-38-28-33(26-27-41(38)54-45(42)36-17-7-9-20-39(36)49-43)29-22-24-32(25-23-29)47-50-46(31-14-5-2-6-15-31)51-48(52-47)37-19-11-18-35-34-16-8-10-21-40(34)53-44(35)37/h1-28H. The maximum Gasteiger partial charge on any atom is 0.167 e. The van der Waals surface area contributed by atoms with Gasteiger partial charge in [0.2, 0.25) is 0 Å². The van der Waals surface area contributed by atoms with E-state index in [2.05, 4.69) is 72.8 Å². The minimum Gasteiger partial charge on any atom is -0.455 e. The van der Waals surface area contributed by atoms with Crippen LogP contribution in [-0.2, 0) is 0 Å². The number of fused-ring (bicyclic) bond motifs is 8. The molecule has 0 spiro atoms. The summed E-state index contributed by atoms with van der Waals surface area (Å²) in [6.45, 7) is 0. The fraction of sp³-hybridized carbons (Fsp3) is 0. The molecule has 6 heteroatoms. The van der Waals surface area contributed by atoms with E-state index in [1.165, 1.54) is 0 Å². The molecule has 0 radical (unpaired) electrons.